The fraction of sp³-hybridized carbons (Fsp3) is 0.571. The number of ether oxygens (including phenoxy) is 2. The van der Waals surface area contributed by atoms with Crippen molar-refractivity contribution in [2.24, 2.45) is 10.8 Å². The summed E-state index contributed by atoms with van der Waals surface area (Å²) in [4.78, 5) is 50.9. The fourth-order valence-corrected chi connectivity index (χ4v) is 9.76. The van der Waals surface area contributed by atoms with Gasteiger partial charge in [0.1, 0.15) is 0 Å². The van der Waals surface area contributed by atoms with E-state index in [9.17, 15) is 19.2 Å². The lowest BCUT2D eigenvalue weighted by molar-refractivity contribution is -0.153. The second-order valence-corrected chi connectivity index (χ2v) is 20.4. The normalized spacial score (nSPS) is 23.4. The maximum atomic E-state index is 13.5. The molecule has 2 atom stereocenters. The van der Waals surface area contributed by atoms with Crippen LogP contribution >= 0.6 is 45.9 Å². The first-order valence-electron chi connectivity index (χ1n) is 20.2. The third-order valence-corrected chi connectivity index (χ3v) is 14.9. The molecule has 0 saturated carbocycles. The molecule has 4 aliphatic rings. The lowest BCUT2D eigenvalue weighted by Gasteiger charge is -2.32. The monoisotopic (exact) mass is 888 g/mol. The Kier molecular flexibility index (Phi) is 14.5. The molecule has 0 spiro atoms. The van der Waals surface area contributed by atoms with Crippen LogP contribution in [0.2, 0.25) is 8.67 Å². The molecule has 320 valence electrons. The summed E-state index contributed by atoms with van der Waals surface area (Å²) in [7, 11) is 0. The van der Waals surface area contributed by atoms with E-state index >= 15 is 0 Å². The molecule has 2 unspecified atom stereocenters. The third-order valence-electron chi connectivity index (χ3n) is 12.3. The number of carbonyl (C=O) groups excluding carboxylic acids is 3. The van der Waals surface area contributed by atoms with Crippen LogP contribution in [0.15, 0.2) is 36.4 Å². The van der Waals surface area contributed by atoms with Crippen LogP contribution in [-0.2, 0) is 60.4 Å². The van der Waals surface area contributed by atoms with Gasteiger partial charge in [0.25, 0.3) is 5.91 Å². The number of H-pyrrole nitrogens is 1. The molecule has 4 aromatic heterocycles. The van der Waals surface area contributed by atoms with E-state index in [1.54, 1.807) is 34.3 Å². The molecule has 59 heavy (non-hydrogen) atoms. The first-order chi connectivity index (χ1) is 28.0. The molecule has 0 aliphatic carbocycles. The van der Waals surface area contributed by atoms with E-state index in [-0.39, 0.29) is 17.7 Å². The topological polar surface area (TPSA) is 178 Å². The van der Waals surface area contributed by atoms with Crippen LogP contribution < -0.4 is 10.6 Å². The number of nitrogens with one attached hydrogen (secondary N) is 3. The van der Waals surface area contributed by atoms with E-state index in [0.717, 1.165) is 58.0 Å². The number of aliphatic carboxylic acids is 1. The lowest BCUT2D eigenvalue weighted by atomic mass is 9.81. The number of aromatic nitrogens is 4. The SMILES string of the molecule is CC1(C(=O)O)CCOCC1.CC1(C(=O)n2nc(C3(C)CCNC3=O)cc2CCc2ccc(Cl)s2)CCOCC1.CC1(c2cc(CCc3ccc(Cl)s3)[nH]n2)CCNC1=O. The number of carbonyl (C=O) groups is 4. The second kappa shape index (κ2) is 19.0. The molecule has 13 nitrogen and oxygen atoms in total. The number of amides is 2. The summed E-state index contributed by atoms with van der Waals surface area (Å²) in [6.45, 7) is 11.3. The molecule has 4 aromatic rings. The van der Waals surface area contributed by atoms with Gasteiger partial charge in [0.15, 0.2) is 0 Å². The summed E-state index contributed by atoms with van der Waals surface area (Å²) in [5, 5.41) is 26.6. The Hall–Kier alpha value is -3.60. The minimum absolute atomic E-state index is 0.00623. The quantitative estimate of drug-likeness (QED) is 0.128. The molecule has 0 bridgehead atoms. The standard InChI is InChI=1S/C21H26ClN3O3S.C14H16ClN3OS.C7H12O3/c1-20(8-11-28-12-9-20)19(27)25-14(3-4-15-5-6-17(22)29-15)13-16(24-25)21(2)7-10-23-18(21)26;1-14(6-7-16-13(14)19)11-8-9(17-18-11)2-3-10-4-5-12(15)20-10;1-7(6(8)9)2-4-10-5-3-7/h5-6,13H,3-4,7-12H2,1-2H3,(H,23,26);4-5,8H,2-3,6-7H2,1H3,(H,16,19)(H,17,18);2-5H2,1H3,(H,8,9). The summed E-state index contributed by atoms with van der Waals surface area (Å²) in [6.07, 6.45) is 7.38. The molecule has 4 saturated heterocycles. The van der Waals surface area contributed by atoms with E-state index in [0.29, 0.717) is 77.2 Å². The molecule has 4 N–H and O–H groups in total. The van der Waals surface area contributed by atoms with Crippen molar-refractivity contribution in [1.82, 2.24) is 30.6 Å². The smallest absolute Gasteiger partial charge is 0.309 e. The third kappa shape index (κ3) is 10.5. The predicted molar refractivity (Wildman–Crippen MR) is 229 cm³/mol. The number of carboxylic acid groups (broad SMARTS) is 1. The minimum atomic E-state index is -0.698. The Morgan fingerprint density at radius 3 is 1.69 bits per heavy atom. The highest BCUT2D eigenvalue weighted by Gasteiger charge is 2.44. The van der Waals surface area contributed by atoms with E-state index in [2.05, 4.69) is 26.9 Å². The Morgan fingerprint density at radius 1 is 0.729 bits per heavy atom. The molecule has 17 heteroatoms. The maximum absolute atomic E-state index is 13.5. The molecule has 2 amide bonds. The zero-order valence-corrected chi connectivity index (χ0v) is 37.2. The van der Waals surface area contributed by atoms with Crippen molar-refractivity contribution in [3.8, 4) is 0 Å². The number of aryl methyl sites for hydroxylation is 4. The van der Waals surface area contributed by atoms with Gasteiger partial charge >= 0.3 is 5.97 Å². The first-order valence-corrected chi connectivity index (χ1v) is 22.6. The van der Waals surface area contributed by atoms with Gasteiger partial charge in [0.2, 0.25) is 11.8 Å². The molecule has 0 radical (unpaired) electrons. The van der Waals surface area contributed by atoms with Gasteiger partial charge < -0.3 is 25.2 Å². The predicted octanol–water partition coefficient (Wildman–Crippen LogP) is 7.19. The number of rotatable bonds is 10. The molecular formula is C42H54Cl2N6O7S2. The van der Waals surface area contributed by atoms with Crippen LogP contribution in [0, 0.1) is 10.8 Å². The van der Waals surface area contributed by atoms with E-state index in [1.165, 1.54) is 9.75 Å². The molecule has 4 aliphatic heterocycles. The molecule has 4 fully saturated rings. The van der Waals surface area contributed by atoms with Crippen LogP contribution in [0.4, 0.5) is 0 Å². The van der Waals surface area contributed by atoms with Crippen molar-refractivity contribution in [3.05, 3.63) is 77.6 Å². The van der Waals surface area contributed by atoms with Gasteiger partial charge in [-0.1, -0.05) is 30.1 Å². The van der Waals surface area contributed by atoms with Gasteiger partial charge in [0.05, 0.1) is 41.7 Å². The van der Waals surface area contributed by atoms with Gasteiger partial charge in [-0.25, -0.2) is 4.68 Å². The highest BCUT2D eigenvalue weighted by Crippen LogP contribution is 2.36. The largest absolute Gasteiger partial charge is 0.481 e. The second-order valence-electron chi connectivity index (χ2n) is 16.8. The Labute approximate surface area is 362 Å². The average molecular weight is 890 g/mol. The van der Waals surface area contributed by atoms with Crippen LogP contribution in [0.3, 0.4) is 0 Å². The van der Waals surface area contributed by atoms with Crippen LogP contribution in [0.5, 0.6) is 0 Å². The summed E-state index contributed by atoms with van der Waals surface area (Å²) in [5.74, 6) is -0.659. The zero-order valence-electron chi connectivity index (χ0n) is 34.1. The number of halogens is 2. The van der Waals surface area contributed by atoms with Crippen molar-refractivity contribution in [2.45, 2.75) is 103 Å². The van der Waals surface area contributed by atoms with Gasteiger partial charge in [-0.15, -0.1) is 22.7 Å². The minimum Gasteiger partial charge on any atom is -0.481 e. The van der Waals surface area contributed by atoms with Crippen molar-refractivity contribution < 1.29 is 33.8 Å². The van der Waals surface area contributed by atoms with Gasteiger partial charge in [-0.05, 0) is 121 Å². The number of hydrogen-bond acceptors (Lipinski definition) is 10. The zero-order chi connectivity index (χ0) is 42.4. The van der Waals surface area contributed by atoms with Gasteiger partial charge in [-0.2, -0.15) is 10.2 Å². The fourth-order valence-electron chi connectivity index (χ4n) is 7.58. The van der Waals surface area contributed by atoms with Crippen molar-refractivity contribution in [1.29, 1.82) is 0 Å². The Balaban J connectivity index is 0.000000168. The number of nitrogens with zero attached hydrogens (tertiary/aromatic N) is 3. The van der Waals surface area contributed by atoms with Crippen LogP contribution in [-0.4, -0.2) is 88.3 Å². The first kappa shape index (κ1) is 44.9. The molecular weight excluding hydrogens is 836 g/mol. The van der Waals surface area contributed by atoms with Crippen molar-refractivity contribution in [2.75, 3.05) is 39.5 Å². The lowest BCUT2D eigenvalue weighted by Crippen LogP contribution is -2.39. The van der Waals surface area contributed by atoms with Gasteiger partial charge in [-0.3, -0.25) is 24.3 Å². The molecule has 8 heterocycles. The van der Waals surface area contributed by atoms with Crippen molar-refractivity contribution >= 4 is 69.6 Å². The summed E-state index contributed by atoms with van der Waals surface area (Å²) >= 11 is 15.1. The molecule has 0 aromatic carbocycles. The van der Waals surface area contributed by atoms with Crippen molar-refractivity contribution in [3.63, 3.8) is 0 Å². The Bertz CT molecular complexity index is 2120. The summed E-state index contributed by atoms with van der Waals surface area (Å²) in [5.41, 5.74) is 1.22. The summed E-state index contributed by atoms with van der Waals surface area (Å²) in [6, 6.07) is 11.8. The number of carboxylic acids is 1. The van der Waals surface area contributed by atoms with E-state index < -0.39 is 27.6 Å². The number of thiophene rings is 2. The average Bonchev–Trinajstić information content (AvgIpc) is 4.09. The highest BCUT2D eigenvalue weighted by molar-refractivity contribution is 7.16. The van der Waals surface area contributed by atoms with Crippen LogP contribution in [0.25, 0.3) is 0 Å². The van der Waals surface area contributed by atoms with Gasteiger partial charge in [0, 0.05) is 60.7 Å². The molecule has 8 rings (SSSR count). The maximum Gasteiger partial charge on any atom is 0.309 e. The number of hydrogen-bond donors (Lipinski definition) is 4. The Morgan fingerprint density at radius 2 is 1.24 bits per heavy atom. The van der Waals surface area contributed by atoms with E-state index in [4.69, 9.17) is 42.9 Å². The van der Waals surface area contributed by atoms with Crippen LogP contribution in [0.1, 0.15) is 104 Å². The van der Waals surface area contributed by atoms with E-state index in [1.807, 2.05) is 51.1 Å². The number of aromatic amines is 1. The highest BCUT2D eigenvalue weighted by atomic mass is 35.5. The summed E-state index contributed by atoms with van der Waals surface area (Å²) < 4.78 is 13.7.